The SMILES string of the molecule is COC(=O)c1cccc(-c2nnc(N(C(=O)OC(C)(C)C)c3ccc4c(cnn4C(=O)OC(C)(C)C)c3)s2)c1. The number of benzene rings is 2. The lowest BCUT2D eigenvalue weighted by molar-refractivity contribution is 0.0520. The Morgan fingerprint density at radius 3 is 2.31 bits per heavy atom. The summed E-state index contributed by atoms with van der Waals surface area (Å²) < 4.78 is 17.1. The van der Waals surface area contributed by atoms with E-state index in [4.69, 9.17) is 14.2 Å². The van der Waals surface area contributed by atoms with Crippen LogP contribution in [0.4, 0.5) is 20.4 Å². The Bertz CT molecular complexity index is 1550. The molecule has 11 nitrogen and oxygen atoms in total. The largest absolute Gasteiger partial charge is 0.465 e. The predicted molar refractivity (Wildman–Crippen MR) is 146 cm³/mol. The number of hydrogen-bond donors (Lipinski definition) is 0. The normalized spacial score (nSPS) is 11.8. The fourth-order valence-corrected chi connectivity index (χ4v) is 4.38. The van der Waals surface area contributed by atoms with Crippen LogP contribution < -0.4 is 4.90 Å². The molecule has 204 valence electrons. The van der Waals surface area contributed by atoms with E-state index in [-0.39, 0.29) is 5.13 Å². The number of rotatable bonds is 4. The van der Waals surface area contributed by atoms with Crippen molar-refractivity contribution in [2.75, 3.05) is 12.0 Å². The number of esters is 1. The fourth-order valence-electron chi connectivity index (χ4n) is 3.53. The molecule has 0 bridgehead atoms. The van der Waals surface area contributed by atoms with E-state index >= 15 is 0 Å². The van der Waals surface area contributed by atoms with Crippen LogP contribution >= 0.6 is 11.3 Å². The van der Waals surface area contributed by atoms with Gasteiger partial charge in [0, 0.05) is 10.9 Å². The molecule has 12 heteroatoms. The van der Waals surface area contributed by atoms with Crippen LogP contribution in [0, 0.1) is 0 Å². The summed E-state index contributed by atoms with van der Waals surface area (Å²) in [6.45, 7) is 10.6. The number of methoxy groups -OCH3 is 1. The molecule has 0 radical (unpaired) electrons. The lowest BCUT2D eigenvalue weighted by Crippen LogP contribution is -2.33. The van der Waals surface area contributed by atoms with Crippen molar-refractivity contribution < 1.29 is 28.6 Å². The molecule has 0 N–H and O–H groups in total. The molecule has 4 aromatic rings. The lowest BCUT2D eigenvalue weighted by Gasteiger charge is -2.25. The standard InChI is InChI=1S/C27H29N5O6S/c1-26(2,3)37-24(34)31(23-30-29-21(39-23)16-9-8-10-17(13-16)22(33)36-7)19-11-12-20-18(14-19)15-28-32(20)25(35)38-27(4,5)6/h8-15H,1-7H3. The van der Waals surface area contributed by atoms with Crippen LogP contribution in [0.2, 0.25) is 0 Å². The van der Waals surface area contributed by atoms with Crippen LogP contribution in [0.5, 0.6) is 0 Å². The number of hydrogen-bond acceptors (Lipinski definition) is 10. The number of ether oxygens (including phenoxy) is 3. The topological polar surface area (TPSA) is 126 Å². The van der Waals surface area contributed by atoms with Crippen molar-refractivity contribution in [1.29, 1.82) is 0 Å². The van der Waals surface area contributed by atoms with E-state index in [0.717, 1.165) is 11.3 Å². The van der Waals surface area contributed by atoms with E-state index in [9.17, 15) is 14.4 Å². The minimum atomic E-state index is -0.774. The zero-order chi connectivity index (χ0) is 28.5. The molecule has 39 heavy (non-hydrogen) atoms. The van der Waals surface area contributed by atoms with E-state index in [0.29, 0.717) is 32.7 Å². The van der Waals surface area contributed by atoms with Crippen LogP contribution in [0.3, 0.4) is 0 Å². The highest BCUT2D eigenvalue weighted by molar-refractivity contribution is 7.18. The number of fused-ring (bicyclic) bond motifs is 1. The van der Waals surface area contributed by atoms with Crippen LogP contribution in [0.15, 0.2) is 48.7 Å². The molecule has 0 saturated heterocycles. The first-order valence-electron chi connectivity index (χ1n) is 12.0. The summed E-state index contributed by atoms with van der Waals surface area (Å²) >= 11 is 1.15. The van der Waals surface area contributed by atoms with Crippen LogP contribution in [-0.2, 0) is 14.2 Å². The second kappa shape index (κ2) is 10.4. The summed E-state index contributed by atoms with van der Waals surface area (Å²) in [5, 5.41) is 14.0. The van der Waals surface area contributed by atoms with Crippen molar-refractivity contribution in [3.05, 3.63) is 54.2 Å². The van der Waals surface area contributed by atoms with Gasteiger partial charge in [-0.25, -0.2) is 19.3 Å². The first kappa shape index (κ1) is 27.7. The third-order valence-electron chi connectivity index (χ3n) is 5.09. The molecular formula is C27H29N5O6S. The number of aromatic nitrogens is 4. The minimum absolute atomic E-state index is 0.251. The van der Waals surface area contributed by atoms with Crippen LogP contribution in [-0.4, -0.2) is 56.4 Å². The van der Waals surface area contributed by atoms with Gasteiger partial charge >= 0.3 is 18.2 Å². The summed E-state index contributed by atoms with van der Waals surface area (Å²) in [6, 6.07) is 11.8. The van der Waals surface area contributed by atoms with Crippen molar-refractivity contribution in [2.45, 2.75) is 52.7 Å². The van der Waals surface area contributed by atoms with Crippen molar-refractivity contribution in [2.24, 2.45) is 0 Å². The van der Waals surface area contributed by atoms with Crippen LogP contribution in [0.25, 0.3) is 21.5 Å². The molecule has 0 fully saturated rings. The smallest absolute Gasteiger partial charge is 0.435 e. The molecule has 0 unspecified atom stereocenters. The molecule has 0 aliphatic carbocycles. The molecule has 0 atom stereocenters. The number of carbonyl (C=O) groups excluding carboxylic acids is 3. The molecule has 4 rings (SSSR count). The average Bonchev–Trinajstić information content (AvgIpc) is 3.49. The van der Waals surface area contributed by atoms with E-state index in [2.05, 4.69) is 15.3 Å². The lowest BCUT2D eigenvalue weighted by atomic mass is 10.1. The quantitative estimate of drug-likeness (QED) is 0.215. The van der Waals surface area contributed by atoms with E-state index in [1.165, 1.54) is 22.9 Å². The first-order valence-corrected chi connectivity index (χ1v) is 12.8. The second-order valence-electron chi connectivity index (χ2n) is 10.6. The van der Waals surface area contributed by atoms with Crippen LogP contribution in [0.1, 0.15) is 51.9 Å². The van der Waals surface area contributed by atoms with Gasteiger partial charge < -0.3 is 14.2 Å². The molecule has 0 aliphatic heterocycles. The van der Waals surface area contributed by atoms with Gasteiger partial charge in [-0.2, -0.15) is 9.78 Å². The van der Waals surface area contributed by atoms with Gasteiger partial charge in [0.05, 0.1) is 30.1 Å². The van der Waals surface area contributed by atoms with E-state index < -0.39 is 29.4 Å². The summed E-state index contributed by atoms with van der Waals surface area (Å²) in [6.07, 6.45) is 0.240. The molecule has 2 heterocycles. The summed E-state index contributed by atoms with van der Waals surface area (Å²) in [5.74, 6) is -0.475. The molecule has 1 amide bonds. The maximum atomic E-state index is 13.4. The van der Waals surface area contributed by atoms with Crippen molar-refractivity contribution in [3.8, 4) is 10.6 Å². The third-order valence-corrected chi connectivity index (χ3v) is 6.05. The second-order valence-corrected chi connectivity index (χ2v) is 11.5. The minimum Gasteiger partial charge on any atom is -0.465 e. The van der Waals surface area contributed by atoms with Gasteiger partial charge in [-0.1, -0.05) is 23.5 Å². The Labute approximate surface area is 229 Å². The monoisotopic (exact) mass is 551 g/mol. The maximum Gasteiger partial charge on any atom is 0.435 e. The van der Waals surface area contributed by atoms with Gasteiger partial charge in [-0.15, -0.1) is 10.2 Å². The Kier molecular flexibility index (Phi) is 7.42. The molecule has 0 saturated carbocycles. The average molecular weight is 552 g/mol. The third kappa shape index (κ3) is 6.40. The number of nitrogens with zero attached hydrogens (tertiary/aromatic N) is 5. The first-order chi connectivity index (χ1) is 18.3. The fraction of sp³-hybridized carbons (Fsp3) is 0.333. The van der Waals surface area contributed by atoms with Crippen molar-refractivity contribution >= 4 is 51.2 Å². The molecule has 2 aromatic heterocycles. The maximum absolute atomic E-state index is 13.4. The highest BCUT2D eigenvalue weighted by atomic mass is 32.1. The molecule has 0 spiro atoms. The zero-order valence-electron chi connectivity index (χ0n) is 22.7. The Morgan fingerprint density at radius 2 is 1.64 bits per heavy atom. The van der Waals surface area contributed by atoms with E-state index in [1.54, 1.807) is 84.0 Å². The predicted octanol–water partition coefficient (Wildman–Crippen LogP) is 6.20. The Balaban J connectivity index is 1.74. The number of amides is 1. The van der Waals surface area contributed by atoms with Gasteiger partial charge in [-0.05, 0) is 71.9 Å². The zero-order valence-corrected chi connectivity index (χ0v) is 23.5. The number of carbonyl (C=O) groups is 3. The molecular weight excluding hydrogens is 522 g/mol. The molecule has 2 aromatic carbocycles. The van der Waals surface area contributed by atoms with Gasteiger partial charge in [0.25, 0.3) is 0 Å². The summed E-state index contributed by atoms with van der Waals surface area (Å²) in [5.41, 5.74) is 0.488. The van der Waals surface area contributed by atoms with Crippen molar-refractivity contribution in [3.63, 3.8) is 0 Å². The number of anilines is 2. The van der Waals surface area contributed by atoms with Gasteiger partial charge in [-0.3, -0.25) is 0 Å². The summed E-state index contributed by atoms with van der Waals surface area (Å²) in [7, 11) is 1.31. The van der Waals surface area contributed by atoms with Gasteiger partial charge in [0.2, 0.25) is 5.13 Å². The van der Waals surface area contributed by atoms with Gasteiger partial charge in [0.15, 0.2) is 0 Å². The Morgan fingerprint density at radius 1 is 0.923 bits per heavy atom. The Hall–Kier alpha value is -4.32. The van der Waals surface area contributed by atoms with Gasteiger partial charge in [0.1, 0.15) is 16.2 Å². The molecule has 0 aliphatic rings. The van der Waals surface area contributed by atoms with E-state index in [1.807, 2.05) is 0 Å². The van der Waals surface area contributed by atoms with Crippen molar-refractivity contribution in [1.82, 2.24) is 20.0 Å². The highest BCUT2D eigenvalue weighted by Gasteiger charge is 2.29. The highest BCUT2D eigenvalue weighted by Crippen LogP contribution is 2.35. The summed E-state index contributed by atoms with van der Waals surface area (Å²) in [4.78, 5) is 39.3.